The zero-order valence-corrected chi connectivity index (χ0v) is 19.6. The average molecular weight is 509 g/mol. The Kier molecular flexibility index (Phi) is 8.16. The van der Waals surface area contributed by atoms with Gasteiger partial charge in [-0.1, -0.05) is 11.6 Å². The van der Waals surface area contributed by atoms with E-state index in [0.717, 1.165) is 6.26 Å². The van der Waals surface area contributed by atoms with Gasteiger partial charge in [-0.05, 0) is 30.3 Å². The SMILES string of the molecule is CS(=O)(=O)Nc1nccc(COc2ccc(Oc3cc(Cl)c(OCCCl)c(C#N)c3)cc2)n1. The summed E-state index contributed by atoms with van der Waals surface area (Å²) in [6.07, 6.45) is 2.45. The van der Waals surface area contributed by atoms with Crippen molar-refractivity contribution >= 4 is 39.2 Å². The highest BCUT2D eigenvalue weighted by Crippen LogP contribution is 2.35. The number of halogens is 2. The second-order valence-corrected chi connectivity index (χ2v) is 9.07. The Morgan fingerprint density at radius 1 is 1.09 bits per heavy atom. The number of nitriles is 1. The molecular weight excluding hydrogens is 491 g/mol. The van der Waals surface area contributed by atoms with E-state index < -0.39 is 10.0 Å². The van der Waals surface area contributed by atoms with E-state index in [-0.39, 0.29) is 41.4 Å². The maximum Gasteiger partial charge on any atom is 0.236 e. The van der Waals surface area contributed by atoms with Gasteiger partial charge in [-0.3, -0.25) is 4.72 Å². The number of anilines is 1. The zero-order valence-electron chi connectivity index (χ0n) is 17.3. The second-order valence-electron chi connectivity index (χ2n) is 6.54. The van der Waals surface area contributed by atoms with Gasteiger partial charge in [0, 0.05) is 18.3 Å². The van der Waals surface area contributed by atoms with E-state index in [1.807, 2.05) is 6.07 Å². The van der Waals surface area contributed by atoms with Gasteiger partial charge in [0.05, 0.1) is 28.4 Å². The van der Waals surface area contributed by atoms with Crippen molar-refractivity contribution < 1.29 is 22.6 Å². The van der Waals surface area contributed by atoms with E-state index >= 15 is 0 Å². The Hall–Kier alpha value is -3.26. The molecule has 3 rings (SSSR count). The topological polar surface area (TPSA) is 123 Å². The molecule has 0 atom stereocenters. The first kappa shape index (κ1) is 24.4. The van der Waals surface area contributed by atoms with E-state index in [0.29, 0.717) is 22.9 Å². The van der Waals surface area contributed by atoms with Crippen molar-refractivity contribution in [1.82, 2.24) is 9.97 Å². The van der Waals surface area contributed by atoms with Gasteiger partial charge in [-0.2, -0.15) is 5.26 Å². The Bertz CT molecular complexity index is 1260. The lowest BCUT2D eigenvalue weighted by molar-refractivity contribution is 0.301. The summed E-state index contributed by atoms with van der Waals surface area (Å²) >= 11 is 11.8. The minimum atomic E-state index is -3.47. The van der Waals surface area contributed by atoms with Crippen molar-refractivity contribution in [3.63, 3.8) is 0 Å². The monoisotopic (exact) mass is 508 g/mol. The number of alkyl halides is 1. The van der Waals surface area contributed by atoms with Crippen LogP contribution in [0.3, 0.4) is 0 Å². The van der Waals surface area contributed by atoms with Crippen LogP contribution in [-0.2, 0) is 16.6 Å². The predicted molar refractivity (Wildman–Crippen MR) is 124 cm³/mol. The molecular formula is C21H18Cl2N4O5S. The predicted octanol–water partition coefficient (Wildman–Crippen LogP) is 4.36. The standard InChI is InChI=1S/C21H18Cl2N4O5S/c1-33(28,29)27-21-25-8-6-15(26-21)13-31-16-2-4-17(5-3-16)32-18-10-14(12-24)20(19(23)11-18)30-9-7-22/h2-6,8,10-11H,7,9,13H2,1H3,(H,25,26,27). The molecule has 3 aromatic rings. The number of aromatic nitrogens is 2. The first-order chi connectivity index (χ1) is 15.8. The number of hydrogen-bond acceptors (Lipinski definition) is 8. The zero-order chi connectivity index (χ0) is 23.8. The molecule has 0 spiro atoms. The molecule has 172 valence electrons. The second kappa shape index (κ2) is 11.0. The van der Waals surface area contributed by atoms with Crippen molar-refractivity contribution in [2.75, 3.05) is 23.5 Å². The molecule has 0 radical (unpaired) electrons. The van der Waals surface area contributed by atoms with Crippen LogP contribution in [-0.4, -0.2) is 37.1 Å². The van der Waals surface area contributed by atoms with Gasteiger partial charge in [0.1, 0.15) is 36.5 Å². The molecule has 0 aliphatic rings. The molecule has 12 heteroatoms. The third kappa shape index (κ3) is 7.39. The average Bonchev–Trinajstić information content (AvgIpc) is 2.77. The fourth-order valence-electron chi connectivity index (χ4n) is 2.59. The quantitative estimate of drug-likeness (QED) is 0.400. The molecule has 1 N–H and O–H groups in total. The highest BCUT2D eigenvalue weighted by Gasteiger charge is 2.13. The van der Waals surface area contributed by atoms with Crippen LogP contribution in [0.15, 0.2) is 48.7 Å². The van der Waals surface area contributed by atoms with Crippen molar-refractivity contribution in [3.8, 4) is 29.1 Å². The normalized spacial score (nSPS) is 10.8. The molecule has 33 heavy (non-hydrogen) atoms. The van der Waals surface area contributed by atoms with Gasteiger partial charge < -0.3 is 14.2 Å². The third-order valence-corrected chi connectivity index (χ3v) is 4.89. The van der Waals surface area contributed by atoms with E-state index in [2.05, 4.69) is 14.7 Å². The fraction of sp³-hybridized carbons (Fsp3) is 0.190. The molecule has 0 unspecified atom stereocenters. The van der Waals surface area contributed by atoms with Crippen LogP contribution in [0, 0.1) is 11.3 Å². The highest BCUT2D eigenvalue weighted by molar-refractivity contribution is 7.91. The number of nitrogens with zero attached hydrogens (tertiary/aromatic N) is 3. The smallest absolute Gasteiger partial charge is 0.236 e. The van der Waals surface area contributed by atoms with Gasteiger partial charge in [0.15, 0.2) is 5.75 Å². The molecule has 0 aliphatic carbocycles. The van der Waals surface area contributed by atoms with Gasteiger partial charge in [-0.25, -0.2) is 18.4 Å². The van der Waals surface area contributed by atoms with E-state index in [4.69, 9.17) is 37.4 Å². The van der Waals surface area contributed by atoms with Crippen LogP contribution in [0.25, 0.3) is 0 Å². The summed E-state index contributed by atoms with van der Waals surface area (Å²) in [5.74, 6) is 1.91. The molecule has 0 bridgehead atoms. The Morgan fingerprint density at radius 3 is 2.48 bits per heavy atom. The minimum absolute atomic E-state index is 0.0307. The minimum Gasteiger partial charge on any atom is -0.489 e. The number of nitrogens with one attached hydrogen (secondary N) is 1. The van der Waals surface area contributed by atoms with Crippen LogP contribution in [0.4, 0.5) is 5.95 Å². The summed E-state index contributed by atoms with van der Waals surface area (Å²) in [5.41, 5.74) is 0.726. The molecule has 0 saturated heterocycles. The number of sulfonamides is 1. The lowest BCUT2D eigenvalue weighted by atomic mass is 10.2. The number of rotatable bonds is 10. The van der Waals surface area contributed by atoms with Crippen molar-refractivity contribution in [2.45, 2.75) is 6.61 Å². The van der Waals surface area contributed by atoms with E-state index in [1.54, 1.807) is 36.4 Å². The van der Waals surface area contributed by atoms with E-state index in [9.17, 15) is 13.7 Å². The van der Waals surface area contributed by atoms with Gasteiger partial charge in [0.25, 0.3) is 0 Å². The number of hydrogen-bond donors (Lipinski definition) is 1. The van der Waals surface area contributed by atoms with Crippen LogP contribution in [0.1, 0.15) is 11.3 Å². The summed E-state index contributed by atoms with van der Waals surface area (Å²) < 4.78 is 41.7. The first-order valence-corrected chi connectivity index (χ1v) is 12.2. The third-order valence-electron chi connectivity index (χ3n) is 3.90. The number of benzene rings is 2. The maximum absolute atomic E-state index is 11.3. The molecule has 1 heterocycles. The van der Waals surface area contributed by atoms with E-state index in [1.165, 1.54) is 12.3 Å². The van der Waals surface area contributed by atoms with Crippen molar-refractivity contribution in [1.29, 1.82) is 5.26 Å². The van der Waals surface area contributed by atoms with Crippen LogP contribution >= 0.6 is 23.2 Å². The summed E-state index contributed by atoms with van der Waals surface area (Å²) in [6.45, 7) is 0.328. The first-order valence-electron chi connectivity index (χ1n) is 9.40. The molecule has 0 aliphatic heterocycles. The lowest BCUT2D eigenvalue weighted by Gasteiger charge is -2.12. The molecule has 9 nitrogen and oxygen atoms in total. The molecule has 2 aromatic carbocycles. The van der Waals surface area contributed by atoms with Gasteiger partial charge >= 0.3 is 0 Å². The summed E-state index contributed by atoms with van der Waals surface area (Å²) in [6, 6.07) is 13.5. The Morgan fingerprint density at radius 2 is 1.82 bits per heavy atom. The van der Waals surface area contributed by atoms with Gasteiger partial charge in [0.2, 0.25) is 16.0 Å². The summed E-state index contributed by atoms with van der Waals surface area (Å²) in [7, 11) is -3.47. The Balaban J connectivity index is 1.64. The Labute approximate surface area is 200 Å². The molecule has 0 fully saturated rings. The molecule has 0 saturated carbocycles. The number of ether oxygens (including phenoxy) is 3. The van der Waals surface area contributed by atoms with Crippen molar-refractivity contribution in [3.05, 3.63) is 64.9 Å². The maximum atomic E-state index is 11.3. The fourth-order valence-corrected chi connectivity index (χ4v) is 3.36. The van der Waals surface area contributed by atoms with Crippen LogP contribution in [0.5, 0.6) is 23.0 Å². The largest absolute Gasteiger partial charge is 0.489 e. The van der Waals surface area contributed by atoms with Gasteiger partial charge in [-0.15, -0.1) is 11.6 Å². The van der Waals surface area contributed by atoms with Crippen LogP contribution in [0.2, 0.25) is 5.02 Å². The van der Waals surface area contributed by atoms with Crippen LogP contribution < -0.4 is 18.9 Å². The summed E-state index contributed by atoms with van der Waals surface area (Å²) in [5, 5.41) is 9.60. The summed E-state index contributed by atoms with van der Waals surface area (Å²) in [4.78, 5) is 7.94. The molecule has 1 aromatic heterocycles. The van der Waals surface area contributed by atoms with Crippen molar-refractivity contribution in [2.24, 2.45) is 0 Å². The molecule has 0 amide bonds. The lowest BCUT2D eigenvalue weighted by Crippen LogP contribution is -2.13. The highest BCUT2D eigenvalue weighted by atomic mass is 35.5.